The molecule has 2 atom stereocenters. The molecule has 6 rings (SSSR count). The number of rotatable bonds is 0. The fourth-order valence-electron chi connectivity index (χ4n) is 5.99. The summed E-state index contributed by atoms with van der Waals surface area (Å²) in [4.78, 5) is 27.4. The van der Waals surface area contributed by atoms with Crippen LogP contribution in [0.4, 0.5) is 0 Å². The first-order valence-electron chi connectivity index (χ1n) is 11.6. The third-order valence-corrected chi connectivity index (χ3v) is 7.55. The predicted octanol–water partition coefficient (Wildman–Crippen LogP) is 2.31. The van der Waals surface area contributed by atoms with E-state index in [1.54, 1.807) is 0 Å². The molecule has 7 heteroatoms. The molecule has 2 saturated heterocycles. The minimum Gasteiger partial charge on any atom is -0.483 e. The number of nitrogens with one attached hydrogen (secondary N) is 1. The fraction of sp³-hybridized carbons (Fsp3) is 0.667. The minimum absolute atomic E-state index is 0.00597. The van der Waals surface area contributed by atoms with E-state index in [-0.39, 0.29) is 37.2 Å². The van der Waals surface area contributed by atoms with E-state index in [9.17, 15) is 9.59 Å². The zero-order valence-corrected chi connectivity index (χ0v) is 18.2. The van der Waals surface area contributed by atoms with Gasteiger partial charge in [0.05, 0.1) is 30.9 Å². The molecule has 2 amide bonds. The molecule has 0 aromatic heterocycles. The highest BCUT2D eigenvalue weighted by Crippen LogP contribution is 2.41. The van der Waals surface area contributed by atoms with E-state index in [1.165, 1.54) is 11.1 Å². The number of carbonyl (C=O) groups excluding carboxylic acids is 2. The molecular weight excluding hydrogens is 396 g/mol. The third-order valence-electron chi connectivity index (χ3n) is 7.55. The maximum Gasteiger partial charge on any atom is 0.260 e. The summed E-state index contributed by atoms with van der Waals surface area (Å²) in [7, 11) is 0. The number of piperidine rings is 1. The molecule has 2 bridgehead atoms. The number of aryl methyl sites for hydroxylation is 1. The molecule has 1 aromatic carbocycles. The Bertz CT molecular complexity index is 846. The highest BCUT2D eigenvalue weighted by molar-refractivity contribution is 5.81. The van der Waals surface area contributed by atoms with Gasteiger partial charge < -0.3 is 24.4 Å². The van der Waals surface area contributed by atoms with Crippen molar-refractivity contribution in [2.24, 2.45) is 0 Å². The topological polar surface area (TPSA) is 77.1 Å². The number of nitrogens with zero attached hydrogens (tertiary/aromatic N) is 1. The molecule has 1 saturated carbocycles. The Balaban J connectivity index is 1.47. The summed E-state index contributed by atoms with van der Waals surface area (Å²) < 4.78 is 18.2. The Morgan fingerprint density at radius 3 is 2.77 bits per heavy atom. The molecule has 5 aliphatic rings. The summed E-state index contributed by atoms with van der Waals surface area (Å²) in [5, 5.41) is 3.16. The first kappa shape index (κ1) is 20.8. The van der Waals surface area contributed by atoms with Gasteiger partial charge in [-0.25, -0.2) is 0 Å². The number of carbonyl (C=O) groups is 2. The van der Waals surface area contributed by atoms with Gasteiger partial charge in [0.2, 0.25) is 5.91 Å². The van der Waals surface area contributed by atoms with E-state index < -0.39 is 5.54 Å². The van der Waals surface area contributed by atoms with Crippen LogP contribution in [0.5, 0.6) is 5.75 Å². The SMILES string of the molecule is Cc1cccc2c1[C@H]1CC[C@H](CC1)OCC1N(CCCC13COCC(=O)N3)C(=O)CO2. The van der Waals surface area contributed by atoms with Gasteiger partial charge in [0.25, 0.3) is 5.91 Å². The first-order chi connectivity index (χ1) is 15.1. The summed E-state index contributed by atoms with van der Waals surface area (Å²) in [5.41, 5.74) is 1.88. The van der Waals surface area contributed by atoms with Crippen LogP contribution in [0.25, 0.3) is 0 Å². The molecule has 2 unspecified atom stereocenters. The highest BCUT2D eigenvalue weighted by atomic mass is 16.5. The van der Waals surface area contributed by atoms with E-state index in [2.05, 4.69) is 18.3 Å². The average Bonchev–Trinajstić information content (AvgIpc) is 2.78. The molecule has 31 heavy (non-hydrogen) atoms. The Labute approximate surface area is 183 Å². The molecule has 1 aliphatic carbocycles. The lowest BCUT2D eigenvalue weighted by Crippen LogP contribution is -2.72. The van der Waals surface area contributed by atoms with Crippen LogP contribution in [0.3, 0.4) is 0 Å². The zero-order chi connectivity index (χ0) is 21.4. The predicted molar refractivity (Wildman–Crippen MR) is 114 cm³/mol. The number of hydrogen-bond donors (Lipinski definition) is 1. The first-order valence-corrected chi connectivity index (χ1v) is 11.6. The Kier molecular flexibility index (Phi) is 5.65. The number of benzene rings is 1. The van der Waals surface area contributed by atoms with Crippen molar-refractivity contribution in [1.29, 1.82) is 0 Å². The van der Waals surface area contributed by atoms with Crippen LogP contribution in [0.2, 0.25) is 0 Å². The molecule has 1 spiro atoms. The summed E-state index contributed by atoms with van der Waals surface area (Å²) in [6.07, 6.45) is 5.88. The van der Waals surface area contributed by atoms with Gasteiger partial charge in [-0.05, 0) is 63.0 Å². The normalized spacial score (nSPS) is 34.0. The van der Waals surface area contributed by atoms with Crippen LogP contribution in [-0.4, -0.2) is 67.4 Å². The number of ether oxygens (including phenoxy) is 3. The van der Waals surface area contributed by atoms with Gasteiger partial charge >= 0.3 is 0 Å². The second-order valence-corrected chi connectivity index (χ2v) is 9.49. The standard InChI is InChI=1S/C24H32N2O5/c1-16-4-2-5-19-23(16)17-6-8-18(9-7-17)30-12-20-24(15-29-13-21(27)25-24)10-3-11-26(20)22(28)14-31-19/h2,4-5,17-18,20H,3,6-15H2,1H3,(H,25,27)/t17-,18+,20?,24?. The van der Waals surface area contributed by atoms with Crippen molar-refractivity contribution in [3.8, 4) is 5.75 Å². The molecule has 3 fully saturated rings. The molecule has 7 nitrogen and oxygen atoms in total. The van der Waals surface area contributed by atoms with Gasteiger partial charge in [0.15, 0.2) is 6.61 Å². The lowest BCUT2D eigenvalue weighted by atomic mass is 9.80. The van der Waals surface area contributed by atoms with E-state index in [4.69, 9.17) is 14.2 Å². The van der Waals surface area contributed by atoms with E-state index in [0.717, 1.165) is 44.3 Å². The summed E-state index contributed by atoms with van der Waals surface area (Å²) in [5.74, 6) is 1.08. The van der Waals surface area contributed by atoms with Crippen LogP contribution < -0.4 is 10.1 Å². The number of amides is 2. The van der Waals surface area contributed by atoms with Gasteiger partial charge in [0.1, 0.15) is 12.4 Å². The molecule has 168 valence electrons. The maximum atomic E-state index is 13.3. The van der Waals surface area contributed by atoms with Crippen molar-refractivity contribution < 1.29 is 23.8 Å². The van der Waals surface area contributed by atoms with Crippen LogP contribution in [0, 0.1) is 6.92 Å². The van der Waals surface area contributed by atoms with Crippen molar-refractivity contribution in [3.63, 3.8) is 0 Å². The van der Waals surface area contributed by atoms with Crippen LogP contribution >= 0.6 is 0 Å². The van der Waals surface area contributed by atoms with Crippen molar-refractivity contribution in [1.82, 2.24) is 10.2 Å². The Morgan fingerprint density at radius 1 is 1.13 bits per heavy atom. The Morgan fingerprint density at radius 2 is 1.97 bits per heavy atom. The van der Waals surface area contributed by atoms with E-state index in [1.807, 2.05) is 17.0 Å². The molecule has 0 radical (unpaired) electrons. The van der Waals surface area contributed by atoms with Crippen LogP contribution in [0.15, 0.2) is 18.2 Å². The van der Waals surface area contributed by atoms with Gasteiger partial charge in [-0.2, -0.15) is 0 Å². The third kappa shape index (κ3) is 3.94. The minimum atomic E-state index is -0.588. The highest BCUT2D eigenvalue weighted by Gasteiger charge is 2.49. The summed E-state index contributed by atoms with van der Waals surface area (Å²) in [6.45, 7) is 3.66. The quantitative estimate of drug-likeness (QED) is 0.686. The van der Waals surface area contributed by atoms with E-state index in [0.29, 0.717) is 25.7 Å². The van der Waals surface area contributed by atoms with Crippen molar-refractivity contribution in [3.05, 3.63) is 29.3 Å². The van der Waals surface area contributed by atoms with Gasteiger partial charge in [0, 0.05) is 12.1 Å². The molecule has 1 aromatic rings. The van der Waals surface area contributed by atoms with Gasteiger partial charge in [-0.3, -0.25) is 9.59 Å². The monoisotopic (exact) mass is 428 g/mol. The largest absolute Gasteiger partial charge is 0.483 e. The van der Waals surface area contributed by atoms with E-state index >= 15 is 0 Å². The average molecular weight is 429 g/mol. The van der Waals surface area contributed by atoms with Crippen molar-refractivity contribution in [2.45, 2.75) is 69.1 Å². The van der Waals surface area contributed by atoms with Gasteiger partial charge in [-0.15, -0.1) is 0 Å². The maximum absolute atomic E-state index is 13.3. The van der Waals surface area contributed by atoms with Crippen molar-refractivity contribution >= 4 is 11.8 Å². The second kappa shape index (κ2) is 8.43. The summed E-state index contributed by atoms with van der Waals surface area (Å²) >= 11 is 0. The van der Waals surface area contributed by atoms with Crippen LogP contribution in [0.1, 0.15) is 55.6 Å². The number of morpholine rings is 1. The molecule has 4 aliphatic heterocycles. The van der Waals surface area contributed by atoms with Crippen molar-refractivity contribution in [2.75, 3.05) is 33.0 Å². The molecule has 1 N–H and O–H groups in total. The second-order valence-electron chi connectivity index (χ2n) is 9.49. The molecule has 4 heterocycles. The lowest BCUT2D eigenvalue weighted by molar-refractivity contribution is -0.156. The molecular formula is C24H32N2O5. The van der Waals surface area contributed by atoms with Gasteiger partial charge in [-0.1, -0.05) is 12.1 Å². The fourth-order valence-corrected chi connectivity index (χ4v) is 5.99. The number of fused-ring (bicyclic) bond motifs is 5. The zero-order valence-electron chi connectivity index (χ0n) is 18.2. The lowest BCUT2D eigenvalue weighted by Gasteiger charge is -2.51. The number of hydrogen-bond acceptors (Lipinski definition) is 5. The van der Waals surface area contributed by atoms with Crippen LogP contribution in [-0.2, 0) is 19.1 Å². The Hall–Kier alpha value is -2.12. The summed E-state index contributed by atoms with van der Waals surface area (Å²) in [6, 6.07) is 5.86. The smallest absolute Gasteiger partial charge is 0.260 e.